The van der Waals surface area contributed by atoms with E-state index in [1.54, 1.807) is 0 Å². The summed E-state index contributed by atoms with van der Waals surface area (Å²) in [5.74, 6) is -8.50. The van der Waals surface area contributed by atoms with Gasteiger partial charge in [0.05, 0.1) is 5.56 Å². The minimum absolute atomic E-state index is 0.00787. The second kappa shape index (κ2) is 6.73. The van der Waals surface area contributed by atoms with Gasteiger partial charge in [0.2, 0.25) is 0 Å². The van der Waals surface area contributed by atoms with Crippen molar-refractivity contribution in [3.8, 4) is 11.1 Å². The summed E-state index contributed by atoms with van der Waals surface area (Å²) in [6.07, 6.45) is 2.81. The van der Waals surface area contributed by atoms with Gasteiger partial charge in [0, 0.05) is 0 Å². The Morgan fingerprint density at radius 2 is 1.48 bits per heavy atom. The van der Waals surface area contributed by atoms with E-state index in [2.05, 4.69) is 0 Å². The van der Waals surface area contributed by atoms with Crippen molar-refractivity contribution in [2.75, 3.05) is 0 Å². The number of rotatable bonds is 3. The summed E-state index contributed by atoms with van der Waals surface area (Å²) in [6.45, 7) is 1.98. The largest absolute Gasteiger partial charge is 0.206 e. The van der Waals surface area contributed by atoms with E-state index in [-0.39, 0.29) is 29.9 Å². The van der Waals surface area contributed by atoms with Crippen LogP contribution in [0, 0.1) is 40.8 Å². The van der Waals surface area contributed by atoms with E-state index in [4.69, 9.17) is 0 Å². The van der Waals surface area contributed by atoms with Crippen molar-refractivity contribution in [2.24, 2.45) is 5.92 Å². The maximum Gasteiger partial charge on any atom is 0.194 e. The van der Waals surface area contributed by atoms with Crippen LogP contribution in [0.2, 0.25) is 0 Å². The summed E-state index contributed by atoms with van der Waals surface area (Å²) in [6, 6.07) is 0.933. The molecule has 134 valence electrons. The molecular weight excluding hydrogens is 342 g/mol. The Morgan fingerprint density at radius 1 is 0.840 bits per heavy atom. The van der Waals surface area contributed by atoms with E-state index in [0.717, 1.165) is 12.8 Å². The lowest BCUT2D eigenvalue weighted by atomic mass is 9.80. The minimum atomic E-state index is -1.74. The lowest BCUT2D eigenvalue weighted by Crippen LogP contribution is -2.19. The normalized spacial score (nSPS) is 16.8. The Bertz CT molecular complexity index is 804. The highest BCUT2D eigenvalue weighted by atomic mass is 19.2. The highest BCUT2D eigenvalue weighted by Gasteiger charge is 2.30. The third-order valence-electron chi connectivity index (χ3n) is 4.79. The average Bonchev–Trinajstić information content (AvgIpc) is 2.58. The van der Waals surface area contributed by atoms with Gasteiger partial charge in [0.1, 0.15) is 5.82 Å². The molecule has 2 aromatic carbocycles. The molecule has 25 heavy (non-hydrogen) atoms. The molecule has 0 nitrogen and oxygen atoms in total. The van der Waals surface area contributed by atoms with Gasteiger partial charge < -0.3 is 0 Å². The molecular formula is C19H16F6. The van der Waals surface area contributed by atoms with Crippen molar-refractivity contribution in [3.05, 3.63) is 58.2 Å². The van der Waals surface area contributed by atoms with E-state index in [1.807, 2.05) is 6.92 Å². The molecule has 0 radical (unpaired) electrons. The van der Waals surface area contributed by atoms with Gasteiger partial charge in [-0.1, -0.05) is 19.8 Å². The molecule has 6 heteroatoms. The molecule has 0 bridgehead atoms. The van der Waals surface area contributed by atoms with Crippen LogP contribution in [0.15, 0.2) is 12.1 Å². The number of hydrogen-bond donors (Lipinski definition) is 0. The SMILES string of the molecule is CCCC1CCc2c(F)c(-c3cc(F)c(F)c(F)c3)c(F)c(F)c2C1. The minimum Gasteiger partial charge on any atom is -0.206 e. The van der Waals surface area contributed by atoms with E-state index in [1.165, 1.54) is 0 Å². The maximum absolute atomic E-state index is 14.8. The van der Waals surface area contributed by atoms with Crippen molar-refractivity contribution in [2.45, 2.75) is 39.0 Å². The molecule has 0 fully saturated rings. The third kappa shape index (κ3) is 3.02. The van der Waals surface area contributed by atoms with Gasteiger partial charge >= 0.3 is 0 Å². The molecule has 0 aromatic heterocycles. The van der Waals surface area contributed by atoms with E-state index in [0.29, 0.717) is 18.6 Å². The summed E-state index contributed by atoms with van der Waals surface area (Å²) < 4.78 is 83.7. The van der Waals surface area contributed by atoms with Crippen LogP contribution in [0.5, 0.6) is 0 Å². The van der Waals surface area contributed by atoms with Gasteiger partial charge in [-0.2, -0.15) is 0 Å². The maximum atomic E-state index is 14.8. The van der Waals surface area contributed by atoms with Gasteiger partial charge in [0.25, 0.3) is 0 Å². The molecule has 0 saturated heterocycles. The topological polar surface area (TPSA) is 0 Å². The predicted octanol–water partition coefficient (Wildman–Crippen LogP) is 6.09. The van der Waals surface area contributed by atoms with Crippen LogP contribution in [-0.4, -0.2) is 0 Å². The monoisotopic (exact) mass is 358 g/mol. The highest BCUT2D eigenvalue weighted by Crippen LogP contribution is 2.39. The number of halogens is 6. The molecule has 0 N–H and O–H groups in total. The summed E-state index contributed by atoms with van der Waals surface area (Å²) in [5.41, 5.74) is -1.40. The van der Waals surface area contributed by atoms with Crippen molar-refractivity contribution >= 4 is 0 Å². The second-order valence-corrected chi connectivity index (χ2v) is 6.43. The predicted molar refractivity (Wildman–Crippen MR) is 82.0 cm³/mol. The van der Waals surface area contributed by atoms with Crippen molar-refractivity contribution in [3.63, 3.8) is 0 Å². The molecule has 1 atom stereocenters. The molecule has 0 aliphatic heterocycles. The van der Waals surface area contributed by atoms with Crippen LogP contribution in [0.1, 0.15) is 37.3 Å². The van der Waals surface area contributed by atoms with Crippen LogP contribution >= 0.6 is 0 Å². The van der Waals surface area contributed by atoms with Crippen LogP contribution in [-0.2, 0) is 12.8 Å². The fourth-order valence-electron chi connectivity index (χ4n) is 3.58. The van der Waals surface area contributed by atoms with Crippen LogP contribution in [0.3, 0.4) is 0 Å². The number of benzene rings is 2. The lowest BCUT2D eigenvalue weighted by molar-refractivity contribution is 0.391. The van der Waals surface area contributed by atoms with Gasteiger partial charge in [0.15, 0.2) is 29.1 Å². The Labute approximate surface area is 141 Å². The Morgan fingerprint density at radius 3 is 2.08 bits per heavy atom. The van der Waals surface area contributed by atoms with Crippen molar-refractivity contribution in [1.29, 1.82) is 0 Å². The van der Waals surface area contributed by atoms with Crippen molar-refractivity contribution in [1.82, 2.24) is 0 Å². The zero-order valence-corrected chi connectivity index (χ0v) is 13.5. The van der Waals surface area contributed by atoms with Gasteiger partial charge in [-0.3, -0.25) is 0 Å². The quantitative estimate of drug-likeness (QED) is 0.354. The lowest BCUT2D eigenvalue weighted by Gasteiger charge is -2.26. The van der Waals surface area contributed by atoms with Crippen LogP contribution in [0.25, 0.3) is 11.1 Å². The molecule has 3 rings (SSSR count). The first kappa shape index (κ1) is 17.8. The molecule has 1 aliphatic rings. The summed E-state index contributed by atoms with van der Waals surface area (Å²) >= 11 is 0. The average molecular weight is 358 g/mol. The third-order valence-corrected chi connectivity index (χ3v) is 4.79. The number of hydrogen-bond acceptors (Lipinski definition) is 0. The fourth-order valence-corrected chi connectivity index (χ4v) is 3.58. The zero-order chi connectivity index (χ0) is 18.3. The number of fused-ring (bicyclic) bond motifs is 1. The standard InChI is InChI=1S/C19H16F6/c1-2-3-9-4-5-11-12(6-9)17(23)19(25)15(16(11)22)10-7-13(20)18(24)14(21)8-10/h7-9H,2-6H2,1H3. The van der Waals surface area contributed by atoms with E-state index in [9.17, 15) is 26.3 Å². The Kier molecular flexibility index (Phi) is 4.80. The van der Waals surface area contributed by atoms with Crippen LogP contribution in [0.4, 0.5) is 26.3 Å². The van der Waals surface area contributed by atoms with Gasteiger partial charge in [-0.25, -0.2) is 26.3 Å². The Balaban J connectivity index is 2.16. The first-order chi connectivity index (χ1) is 11.8. The molecule has 0 saturated carbocycles. The molecule has 0 heterocycles. The molecule has 0 spiro atoms. The van der Waals surface area contributed by atoms with E-state index >= 15 is 0 Å². The molecule has 0 amide bonds. The smallest absolute Gasteiger partial charge is 0.194 e. The summed E-state index contributed by atoms with van der Waals surface area (Å²) in [4.78, 5) is 0. The fraction of sp³-hybridized carbons (Fsp3) is 0.368. The van der Waals surface area contributed by atoms with Gasteiger partial charge in [-0.15, -0.1) is 0 Å². The highest BCUT2D eigenvalue weighted by molar-refractivity contribution is 5.67. The Hall–Kier alpha value is -1.98. The second-order valence-electron chi connectivity index (χ2n) is 6.43. The zero-order valence-electron chi connectivity index (χ0n) is 13.5. The van der Waals surface area contributed by atoms with Crippen molar-refractivity contribution < 1.29 is 26.3 Å². The van der Waals surface area contributed by atoms with E-state index < -0.39 is 46.0 Å². The molecule has 2 aromatic rings. The summed E-state index contributed by atoms with van der Waals surface area (Å²) in [7, 11) is 0. The first-order valence-electron chi connectivity index (χ1n) is 8.18. The first-order valence-corrected chi connectivity index (χ1v) is 8.18. The molecule has 1 unspecified atom stereocenters. The summed E-state index contributed by atoms with van der Waals surface area (Å²) in [5, 5.41) is 0. The molecule has 1 aliphatic carbocycles. The van der Waals surface area contributed by atoms with Gasteiger partial charge in [-0.05, 0) is 54.0 Å². The van der Waals surface area contributed by atoms with Crippen LogP contribution < -0.4 is 0 Å².